The van der Waals surface area contributed by atoms with E-state index in [4.69, 9.17) is 9.47 Å². The molecule has 14 rings (SSSR count). The Bertz CT molecular complexity index is 5330. The molecule has 109 heavy (non-hydrogen) atoms. The summed E-state index contributed by atoms with van der Waals surface area (Å²) in [5.74, 6) is 1.09. The molecule has 0 aliphatic carbocycles. The van der Waals surface area contributed by atoms with Crippen LogP contribution in [-0.2, 0) is 23.8 Å². The summed E-state index contributed by atoms with van der Waals surface area (Å²) < 4.78 is 75.1. The number of ether oxygens (including phenoxy) is 2. The molecule has 0 saturated carbocycles. The first-order valence-electron chi connectivity index (χ1n) is 35.3. The van der Waals surface area contributed by atoms with Crippen molar-refractivity contribution in [3.63, 3.8) is 0 Å². The maximum atomic E-state index is 12.7. The van der Waals surface area contributed by atoms with E-state index in [1.54, 1.807) is 62.9 Å². The molecule has 5 aromatic heterocycles. The number of nitrogens with one attached hydrogen (secondary N) is 7. The van der Waals surface area contributed by atoms with Crippen molar-refractivity contribution in [2.24, 2.45) is 23.7 Å². The summed E-state index contributed by atoms with van der Waals surface area (Å²) in [4.78, 5) is 96.9. The van der Waals surface area contributed by atoms with Crippen LogP contribution in [0.1, 0.15) is 131 Å². The predicted molar refractivity (Wildman–Crippen MR) is 427 cm³/mol. The van der Waals surface area contributed by atoms with E-state index in [0.29, 0.717) is 24.4 Å². The molecule has 3 radical (unpaired) electrons. The Labute approximate surface area is 664 Å². The second-order valence-corrected chi connectivity index (χ2v) is 31.8. The fourth-order valence-electron chi connectivity index (χ4n) is 12.0. The van der Waals surface area contributed by atoms with Crippen LogP contribution in [0, 0.1) is 30.6 Å². The van der Waals surface area contributed by atoms with Gasteiger partial charge in [0.15, 0.2) is 0 Å². The number of pyridine rings is 5. The minimum atomic E-state index is -5.84. The number of piperidine rings is 1. The van der Waals surface area contributed by atoms with Gasteiger partial charge in [-0.15, -0.1) is 0 Å². The van der Waals surface area contributed by atoms with Crippen LogP contribution >= 0.6 is 15.9 Å². The number of aryl methyl sites for hydroxylation is 1. The van der Waals surface area contributed by atoms with E-state index in [1.165, 1.54) is 47.4 Å². The number of halogens is 4. The Hall–Kier alpha value is -9.25. The molecule has 0 spiro atoms. The Morgan fingerprint density at radius 2 is 0.917 bits per heavy atom. The van der Waals surface area contributed by atoms with Gasteiger partial charge in [0.25, 0.3) is 0 Å². The first kappa shape index (κ1) is 87.0. The third-order valence-electron chi connectivity index (χ3n) is 17.5. The van der Waals surface area contributed by atoms with Gasteiger partial charge in [0, 0.05) is 102 Å². The Morgan fingerprint density at radius 3 is 1.39 bits per heavy atom. The molecule has 0 bridgehead atoms. The van der Waals surface area contributed by atoms with Crippen molar-refractivity contribution in [1.82, 2.24) is 45.4 Å². The summed E-state index contributed by atoms with van der Waals surface area (Å²) in [5, 5.41) is 12.2. The molecule has 9 heterocycles. The van der Waals surface area contributed by atoms with Gasteiger partial charge >= 0.3 is 57.4 Å². The number of benzene rings is 5. The van der Waals surface area contributed by atoms with Crippen LogP contribution in [-0.4, -0.2) is 107 Å². The van der Waals surface area contributed by atoms with Crippen molar-refractivity contribution in [2.45, 2.75) is 131 Å². The summed E-state index contributed by atoms with van der Waals surface area (Å²) in [7, 11) is -5.84. The number of aromatic amines is 5. The summed E-state index contributed by atoms with van der Waals surface area (Å²) in [5.41, 5.74) is 3.72. The molecular formula is C81H92BBrF3N9NaO12S. The largest absolute Gasteiger partial charge is 1.00 e. The summed E-state index contributed by atoms with van der Waals surface area (Å²) in [6.07, 6.45) is 8.95. The summed E-state index contributed by atoms with van der Waals surface area (Å²) >= 11 is 3.36. The van der Waals surface area contributed by atoms with Crippen molar-refractivity contribution in [3.8, 4) is 0 Å². The van der Waals surface area contributed by atoms with Gasteiger partial charge in [-0.2, -0.15) is 21.6 Å². The quantitative estimate of drug-likeness (QED) is 0.0479. The molecule has 28 heteroatoms. The average Bonchev–Trinajstić information content (AvgIpc) is 0.819. The molecule has 5 aromatic carbocycles. The number of amides is 2. The van der Waals surface area contributed by atoms with Crippen LogP contribution in [0.4, 0.5) is 22.8 Å². The fraction of sp³-hybridized carbons (Fsp3) is 0.346. The first-order chi connectivity index (χ1) is 50.4. The molecule has 571 valence electrons. The number of aromatic nitrogens is 5. The third kappa shape index (κ3) is 25.4. The Balaban J connectivity index is 0.000000208. The van der Waals surface area contributed by atoms with E-state index in [0.717, 1.165) is 113 Å². The molecule has 1 saturated heterocycles. The zero-order valence-corrected chi connectivity index (χ0v) is 67.6. The molecule has 5 atom stereocenters. The molecule has 2 amide bonds. The molecule has 10 aromatic rings. The molecule has 4 aliphatic rings. The van der Waals surface area contributed by atoms with E-state index < -0.39 is 38.8 Å². The van der Waals surface area contributed by atoms with E-state index in [2.05, 4.69) is 107 Å². The van der Waals surface area contributed by atoms with Crippen LogP contribution in [0.3, 0.4) is 0 Å². The standard InChI is InChI=1S/C20H24N2O3.C15H18N2O.C15H16N2O.C12H18F3NO5S.C10H9NO.C9H6BrNO.B.Na.H/c1-13-5-9-17(22(12-13)19(24)25-20(2,3)4)15-6-8-16-14(11-15)7-10-18(23)21-16;2*1-10-2-5-13(16-9-10)11-3-6-14-12(8-11)4-7-15(18)17-14;1-8-5-6-9(21-22(18,19)12(13,14)15)16(7-8)10(17)20-11(2,3)4;1-7-2-4-9-8(6-7)3-5-10(12)11-9;10-7-2-3-8-6(5-7)1-4-9(12)11-8;;;/h6-11,13H,5,12H2,1-4H3,(H,21,23);3-4,6-8,10,13,16H,2,5,9H2,1H3,(H,17,18);3-8,10,16H,2,9H2,1H3,(H,17,18);6,8H,5,7H2,1-4H3;2-6H,1H3,(H,11,12);1-5H,(H,11,12);;;/q;;;;;;;+1;-1/t;10-,13+;;;;;;;/m.0......./s1. The van der Waals surface area contributed by atoms with E-state index in [1.807, 2.05) is 119 Å². The van der Waals surface area contributed by atoms with Crippen molar-refractivity contribution in [1.29, 1.82) is 0 Å². The number of alkyl halides is 3. The van der Waals surface area contributed by atoms with E-state index in [-0.39, 0.29) is 92.2 Å². The minimum absolute atomic E-state index is 0. The van der Waals surface area contributed by atoms with Crippen LogP contribution < -0.4 is 68.0 Å². The third-order valence-corrected chi connectivity index (χ3v) is 18.9. The van der Waals surface area contributed by atoms with Gasteiger partial charge in [-0.1, -0.05) is 85.6 Å². The fourth-order valence-corrected chi connectivity index (χ4v) is 12.8. The van der Waals surface area contributed by atoms with E-state index >= 15 is 0 Å². The number of nitrogens with zero attached hydrogens (tertiary/aromatic N) is 2. The Kier molecular flexibility index (Phi) is 30.3. The minimum Gasteiger partial charge on any atom is -1.00 e. The predicted octanol–water partition coefficient (Wildman–Crippen LogP) is 13.1. The summed E-state index contributed by atoms with van der Waals surface area (Å²) in [6.45, 7) is 23.5. The van der Waals surface area contributed by atoms with Gasteiger partial charge in [0.05, 0.1) is 5.70 Å². The van der Waals surface area contributed by atoms with E-state index in [9.17, 15) is 55.2 Å². The molecular weight excluding hydrogens is 1490 g/mol. The number of hydrogen-bond acceptors (Lipinski definition) is 14. The van der Waals surface area contributed by atoms with Crippen molar-refractivity contribution < 1.29 is 75.8 Å². The number of allylic oxidation sites excluding steroid dienone is 3. The number of rotatable bonds is 5. The van der Waals surface area contributed by atoms with Gasteiger partial charge in [-0.05, 0) is 258 Å². The van der Waals surface area contributed by atoms with Crippen LogP contribution in [0.5, 0.6) is 0 Å². The Morgan fingerprint density at radius 1 is 0.495 bits per heavy atom. The zero-order valence-electron chi connectivity index (χ0n) is 64.2. The molecule has 3 unspecified atom stereocenters. The SMILES string of the molecule is CC1CC=C(OS(=O)(=O)C(F)(F)F)N(C(=O)OC(C)(C)C)C1.CC1CC=C(c2ccc3[nH]c(=O)ccc3c2)N(C(=O)OC(C)(C)C)C1.CC1CC=C(c2ccc3[nH]c(=O)ccc3c2)NC1.C[C@H]1CC[C@H](c2ccc3[nH]c(=O)ccc3c2)NC1.Cc1ccc2[nH]c(=O)ccc2c1.O=c1ccc2cc(Br)ccc2[nH]1.[B].[H-].[Na+]. The number of hydrogen-bond donors (Lipinski definition) is 7. The number of carbonyl (C=O) groups is 2. The number of fused-ring (bicyclic) bond motifs is 5. The molecule has 21 nitrogen and oxygen atoms in total. The monoisotopic (exact) mass is 1580 g/mol. The first-order valence-corrected chi connectivity index (χ1v) is 37.5. The maximum Gasteiger partial charge on any atom is 1.00 e. The van der Waals surface area contributed by atoms with Crippen molar-refractivity contribution in [3.05, 3.63) is 254 Å². The average molecular weight is 1590 g/mol. The smallest absolute Gasteiger partial charge is 1.00 e. The second kappa shape index (κ2) is 37.9. The van der Waals surface area contributed by atoms with Crippen LogP contribution in [0.25, 0.3) is 65.9 Å². The molecule has 4 aliphatic heterocycles. The normalized spacial score (nSPS) is 17.8. The van der Waals surface area contributed by atoms with Crippen LogP contribution in [0.15, 0.2) is 204 Å². The number of H-pyrrole nitrogens is 5. The molecule has 1 fully saturated rings. The summed E-state index contributed by atoms with van der Waals surface area (Å²) in [6, 6.07) is 47.3. The van der Waals surface area contributed by atoms with Gasteiger partial charge in [-0.25, -0.2) is 14.5 Å². The van der Waals surface area contributed by atoms with Crippen molar-refractivity contribution >= 4 is 113 Å². The zero-order chi connectivity index (χ0) is 77.7. The molecule has 7 N–H and O–H groups in total. The van der Waals surface area contributed by atoms with Gasteiger partial charge in [0.2, 0.25) is 33.7 Å². The van der Waals surface area contributed by atoms with Crippen LogP contribution in [0.2, 0.25) is 0 Å². The number of carbonyl (C=O) groups excluding carboxylic acids is 2. The second-order valence-electron chi connectivity index (χ2n) is 29.3. The van der Waals surface area contributed by atoms with Gasteiger partial charge in [0.1, 0.15) is 11.2 Å². The van der Waals surface area contributed by atoms with Gasteiger partial charge < -0.3 is 50.6 Å². The van der Waals surface area contributed by atoms with Crippen molar-refractivity contribution in [2.75, 3.05) is 26.2 Å². The topological polar surface area (TPSA) is 291 Å². The van der Waals surface area contributed by atoms with Gasteiger partial charge in [-0.3, -0.25) is 28.9 Å². The maximum absolute atomic E-state index is 12.7.